The molecule has 0 atom stereocenters. The van der Waals surface area contributed by atoms with E-state index in [1.807, 2.05) is 0 Å². The van der Waals surface area contributed by atoms with Crippen molar-refractivity contribution in [2.45, 2.75) is 16.3 Å². The van der Waals surface area contributed by atoms with Gasteiger partial charge in [0.25, 0.3) is 5.91 Å². The van der Waals surface area contributed by atoms with Crippen LogP contribution in [0.3, 0.4) is 0 Å². The molecule has 3 aromatic heterocycles. The summed E-state index contributed by atoms with van der Waals surface area (Å²) in [5.74, 6) is -0.247. The first-order valence-electron chi connectivity index (χ1n) is 8.47. The lowest BCUT2D eigenvalue weighted by atomic mass is 10.2. The number of amides is 1. The Kier molecular flexibility index (Phi) is 4.44. The second-order valence-corrected chi connectivity index (χ2v) is 8.28. The molecule has 4 aromatic rings. The number of hydrogen-bond acceptors (Lipinski definition) is 5. The van der Waals surface area contributed by atoms with E-state index in [9.17, 15) is 13.2 Å². The maximum atomic E-state index is 12.6. The predicted molar refractivity (Wildman–Crippen MR) is 102 cm³/mol. The third-order valence-electron chi connectivity index (χ3n) is 4.34. The largest absolute Gasteiger partial charge is 0.350 e. The van der Waals surface area contributed by atoms with Crippen molar-refractivity contribution in [2.75, 3.05) is 0 Å². The van der Waals surface area contributed by atoms with Gasteiger partial charge in [0.2, 0.25) is 9.84 Å². The second-order valence-electron chi connectivity index (χ2n) is 6.33. The fourth-order valence-electron chi connectivity index (χ4n) is 2.83. The van der Waals surface area contributed by atoms with Gasteiger partial charge in [-0.1, -0.05) is 12.1 Å². The standard InChI is InChI=1S/C19H17N5O3S/c1-24-12-16(11-22-24)28(26,27)15-4-2-13(3-5-15)9-21-19(25)18-8-14-10-20-7-6-17(14)23-18/h2-8,10-12,23H,9H2,1H3,(H,21,25). The number of carbonyl (C=O) groups excluding carboxylic acids is 1. The van der Waals surface area contributed by atoms with Crippen LogP contribution in [0.25, 0.3) is 10.9 Å². The van der Waals surface area contributed by atoms with Crippen LogP contribution in [-0.2, 0) is 23.4 Å². The average Bonchev–Trinajstić information content (AvgIpc) is 3.33. The normalized spacial score (nSPS) is 11.6. The summed E-state index contributed by atoms with van der Waals surface area (Å²) in [6, 6.07) is 9.95. The lowest BCUT2D eigenvalue weighted by molar-refractivity contribution is 0.0946. The maximum Gasteiger partial charge on any atom is 0.267 e. The monoisotopic (exact) mass is 395 g/mol. The fourth-order valence-corrected chi connectivity index (χ4v) is 4.08. The van der Waals surface area contributed by atoms with Gasteiger partial charge in [0, 0.05) is 43.1 Å². The molecule has 9 heteroatoms. The van der Waals surface area contributed by atoms with Crippen LogP contribution < -0.4 is 5.32 Å². The molecule has 28 heavy (non-hydrogen) atoms. The first-order chi connectivity index (χ1) is 13.4. The van der Waals surface area contributed by atoms with E-state index in [1.54, 1.807) is 43.7 Å². The summed E-state index contributed by atoms with van der Waals surface area (Å²) in [4.78, 5) is 19.7. The van der Waals surface area contributed by atoms with Crippen LogP contribution in [0.2, 0.25) is 0 Å². The summed E-state index contributed by atoms with van der Waals surface area (Å²) < 4.78 is 26.6. The summed E-state index contributed by atoms with van der Waals surface area (Å²) in [5.41, 5.74) is 2.07. The van der Waals surface area contributed by atoms with Crippen LogP contribution in [0.5, 0.6) is 0 Å². The molecule has 0 aliphatic heterocycles. The Balaban J connectivity index is 1.45. The summed E-state index contributed by atoms with van der Waals surface area (Å²) in [7, 11) is -1.94. The predicted octanol–water partition coefficient (Wildman–Crippen LogP) is 2.06. The number of carbonyl (C=O) groups is 1. The number of aryl methyl sites for hydroxylation is 1. The number of fused-ring (bicyclic) bond motifs is 1. The van der Waals surface area contributed by atoms with Gasteiger partial charge in [-0.15, -0.1) is 0 Å². The quantitative estimate of drug-likeness (QED) is 0.537. The van der Waals surface area contributed by atoms with Crippen molar-refractivity contribution in [3.8, 4) is 0 Å². The first kappa shape index (κ1) is 17.9. The Morgan fingerprint density at radius 3 is 2.61 bits per heavy atom. The highest BCUT2D eigenvalue weighted by Gasteiger charge is 2.19. The zero-order valence-corrected chi connectivity index (χ0v) is 15.8. The van der Waals surface area contributed by atoms with Gasteiger partial charge < -0.3 is 10.3 Å². The highest BCUT2D eigenvalue weighted by Crippen LogP contribution is 2.20. The van der Waals surface area contributed by atoms with Crippen LogP contribution in [0, 0.1) is 0 Å². The van der Waals surface area contributed by atoms with E-state index in [2.05, 4.69) is 20.4 Å². The van der Waals surface area contributed by atoms with Gasteiger partial charge in [-0.05, 0) is 29.8 Å². The summed E-state index contributed by atoms with van der Waals surface area (Å²) in [5, 5.41) is 7.58. The number of H-pyrrole nitrogens is 1. The van der Waals surface area contributed by atoms with Crippen molar-refractivity contribution in [1.82, 2.24) is 25.1 Å². The van der Waals surface area contributed by atoms with Gasteiger partial charge in [0.05, 0.1) is 11.1 Å². The van der Waals surface area contributed by atoms with Crippen LogP contribution >= 0.6 is 0 Å². The molecule has 3 heterocycles. The molecule has 0 saturated heterocycles. The molecule has 0 spiro atoms. The molecule has 0 radical (unpaired) electrons. The number of aromatic amines is 1. The van der Waals surface area contributed by atoms with Crippen molar-refractivity contribution in [1.29, 1.82) is 0 Å². The second kappa shape index (κ2) is 6.93. The summed E-state index contributed by atoms with van der Waals surface area (Å²) in [6.45, 7) is 0.277. The molecule has 0 fully saturated rings. The van der Waals surface area contributed by atoms with Crippen molar-refractivity contribution in [2.24, 2.45) is 7.05 Å². The molecule has 1 aromatic carbocycles. The number of pyridine rings is 1. The van der Waals surface area contributed by atoms with Crippen molar-refractivity contribution in [3.63, 3.8) is 0 Å². The van der Waals surface area contributed by atoms with Gasteiger partial charge in [0.15, 0.2) is 0 Å². The number of aromatic nitrogens is 4. The zero-order valence-electron chi connectivity index (χ0n) is 15.0. The molecule has 0 aliphatic carbocycles. The Morgan fingerprint density at radius 2 is 1.93 bits per heavy atom. The number of nitrogens with zero attached hydrogens (tertiary/aromatic N) is 3. The van der Waals surface area contributed by atoms with E-state index >= 15 is 0 Å². The van der Waals surface area contributed by atoms with Gasteiger partial charge in [-0.2, -0.15) is 5.10 Å². The third-order valence-corrected chi connectivity index (χ3v) is 6.07. The third kappa shape index (κ3) is 3.39. The molecular weight excluding hydrogens is 378 g/mol. The Hall–Kier alpha value is -3.46. The molecule has 0 bridgehead atoms. The molecule has 4 rings (SSSR count). The van der Waals surface area contributed by atoms with E-state index in [-0.39, 0.29) is 22.2 Å². The number of sulfone groups is 1. The minimum Gasteiger partial charge on any atom is -0.350 e. The maximum absolute atomic E-state index is 12.6. The van der Waals surface area contributed by atoms with Gasteiger partial charge >= 0.3 is 0 Å². The van der Waals surface area contributed by atoms with E-state index in [1.165, 1.54) is 29.2 Å². The van der Waals surface area contributed by atoms with Gasteiger partial charge in [-0.25, -0.2) is 8.42 Å². The van der Waals surface area contributed by atoms with Crippen LogP contribution in [0.4, 0.5) is 0 Å². The molecule has 142 valence electrons. The lowest BCUT2D eigenvalue weighted by Crippen LogP contribution is -2.23. The lowest BCUT2D eigenvalue weighted by Gasteiger charge is -2.06. The molecule has 2 N–H and O–H groups in total. The minimum atomic E-state index is -3.61. The summed E-state index contributed by atoms with van der Waals surface area (Å²) in [6.07, 6.45) is 6.12. The average molecular weight is 395 g/mol. The molecule has 8 nitrogen and oxygen atoms in total. The van der Waals surface area contributed by atoms with Crippen molar-refractivity contribution < 1.29 is 13.2 Å². The van der Waals surface area contributed by atoms with E-state index < -0.39 is 9.84 Å². The molecular formula is C19H17N5O3S. The van der Waals surface area contributed by atoms with E-state index in [0.29, 0.717) is 5.69 Å². The van der Waals surface area contributed by atoms with Crippen molar-refractivity contribution >= 4 is 26.6 Å². The van der Waals surface area contributed by atoms with Crippen LogP contribution in [-0.4, -0.2) is 34.1 Å². The molecule has 0 unspecified atom stereocenters. The molecule has 1 amide bonds. The molecule has 0 aliphatic rings. The number of nitrogens with one attached hydrogen (secondary N) is 2. The topological polar surface area (TPSA) is 110 Å². The highest BCUT2D eigenvalue weighted by atomic mass is 32.2. The Bertz CT molecular complexity index is 1220. The smallest absolute Gasteiger partial charge is 0.267 e. The zero-order chi connectivity index (χ0) is 19.7. The van der Waals surface area contributed by atoms with Crippen molar-refractivity contribution in [3.05, 3.63) is 72.4 Å². The first-order valence-corrected chi connectivity index (χ1v) is 9.95. The Morgan fingerprint density at radius 1 is 1.14 bits per heavy atom. The number of benzene rings is 1. The van der Waals surface area contributed by atoms with Gasteiger partial charge in [-0.3, -0.25) is 14.5 Å². The highest BCUT2D eigenvalue weighted by molar-refractivity contribution is 7.91. The van der Waals surface area contributed by atoms with E-state index in [0.717, 1.165) is 16.5 Å². The Labute approximate surface area is 161 Å². The number of hydrogen-bond donors (Lipinski definition) is 2. The van der Waals surface area contributed by atoms with Crippen LogP contribution in [0.15, 0.2) is 71.0 Å². The minimum absolute atomic E-state index is 0.143. The van der Waals surface area contributed by atoms with Crippen LogP contribution in [0.1, 0.15) is 16.1 Å². The van der Waals surface area contributed by atoms with Gasteiger partial charge in [0.1, 0.15) is 10.6 Å². The fraction of sp³-hybridized carbons (Fsp3) is 0.105. The van der Waals surface area contributed by atoms with E-state index in [4.69, 9.17) is 0 Å². The summed E-state index contributed by atoms with van der Waals surface area (Å²) >= 11 is 0. The number of rotatable bonds is 5. The molecule has 0 saturated carbocycles. The SMILES string of the molecule is Cn1cc(S(=O)(=O)c2ccc(CNC(=O)c3cc4cnccc4[nH]3)cc2)cn1.